The van der Waals surface area contributed by atoms with E-state index in [0.717, 1.165) is 0 Å². The van der Waals surface area contributed by atoms with Gasteiger partial charge < -0.3 is 5.73 Å². The minimum Gasteiger partial charge on any atom is -0.328 e. The van der Waals surface area contributed by atoms with Crippen LogP contribution in [0.15, 0.2) is 24.3 Å². The zero-order valence-corrected chi connectivity index (χ0v) is 14.7. The van der Waals surface area contributed by atoms with Crippen molar-refractivity contribution in [2.75, 3.05) is 13.1 Å². The summed E-state index contributed by atoms with van der Waals surface area (Å²) in [6.07, 6.45) is 2.48. The molecule has 3 heteroatoms. The summed E-state index contributed by atoms with van der Waals surface area (Å²) < 4.78 is 0. The Balaban J connectivity index is 0.00000220. The zero-order valence-electron chi connectivity index (χ0n) is 13.9. The third kappa shape index (κ3) is 4.70. The van der Waals surface area contributed by atoms with Crippen LogP contribution in [-0.2, 0) is 0 Å². The molecule has 0 radical (unpaired) electrons. The largest absolute Gasteiger partial charge is 0.328 e. The smallest absolute Gasteiger partial charge is 0.0319 e. The molecule has 0 amide bonds. The van der Waals surface area contributed by atoms with Gasteiger partial charge in [-0.1, -0.05) is 38.1 Å². The normalized spacial score (nSPS) is 20.1. The van der Waals surface area contributed by atoms with Crippen molar-refractivity contribution < 1.29 is 0 Å². The second kappa shape index (κ2) is 8.17. The van der Waals surface area contributed by atoms with Gasteiger partial charge in [-0.2, -0.15) is 0 Å². The lowest BCUT2D eigenvalue weighted by atomic mass is 9.89. The van der Waals surface area contributed by atoms with Crippen LogP contribution in [0.2, 0.25) is 0 Å². The summed E-state index contributed by atoms with van der Waals surface area (Å²) in [6, 6.07) is 10.0. The van der Waals surface area contributed by atoms with Gasteiger partial charge in [0.25, 0.3) is 0 Å². The molecule has 2 nitrogen and oxygen atoms in total. The molecule has 1 aliphatic rings. The third-order valence-electron chi connectivity index (χ3n) is 4.95. The quantitative estimate of drug-likeness (QED) is 0.895. The van der Waals surface area contributed by atoms with Crippen molar-refractivity contribution in [3.8, 4) is 0 Å². The van der Waals surface area contributed by atoms with E-state index in [0.29, 0.717) is 23.9 Å². The van der Waals surface area contributed by atoms with E-state index in [2.05, 4.69) is 56.9 Å². The molecular formula is C18H31ClN2. The van der Waals surface area contributed by atoms with Crippen LogP contribution in [0.5, 0.6) is 0 Å². The van der Waals surface area contributed by atoms with Crippen molar-refractivity contribution in [3.63, 3.8) is 0 Å². The van der Waals surface area contributed by atoms with Crippen LogP contribution < -0.4 is 5.73 Å². The minimum absolute atomic E-state index is 0. The molecule has 21 heavy (non-hydrogen) atoms. The van der Waals surface area contributed by atoms with Gasteiger partial charge in [-0.15, -0.1) is 12.4 Å². The van der Waals surface area contributed by atoms with Crippen LogP contribution in [0.4, 0.5) is 0 Å². The SMILES string of the molecule is CC(C)c1ccc(C(C)N2CCC(C(C)N)CC2)cc1.Cl. The topological polar surface area (TPSA) is 29.3 Å². The summed E-state index contributed by atoms with van der Waals surface area (Å²) in [4.78, 5) is 2.60. The molecule has 2 unspecified atom stereocenters. The first-order chi connectivity index (χ1) is 9.49. The lowest BCUT2D eigenvalue weighted by Crippen LogP contribution is -2.40. The lowest BCUT2D eigenvalue weighted by Gasteiger charge is -2.37. The van der Waals surface area contributed by atoms with Gasteiger partial charge >= 0.3 is 0 Å². The number of nitrogens with two attached hydrogens (primary N) is 1. The highest BCUT2D eigenvalue weighted by atomic mass is 35.5. The monoisotopic (exact) mass is 310 g/mol. The molecule has 120 valence electrons. The highest BCUT2D eigenvalue weighted by Crippen LogP contribution is 2.28. The van der Waals surface area contributed by atoms with E-state index in [1.54, 1.807) is 0 Å². The molecule has 1 aromatic rings. The maximum atomic E-state index is 6.03. The van der Waals surface area contributed by atoms with Crippen LogP contribution >= 0.6 is 12.4 Å². The highest BCUT2D eigenvalue weighted by molar-refractivity contribution is 5.85. The molecule has 1 aromatic carbocycles. The number of benzene rings is 1. The minimum atomic E-state index is 0. The maximum absolute atomic E-state index is 6.03. The van der Waals surface area contributed by atoms with Gasteiger partial charge in [0.05, 0.1) is 0 Å². The summed E-state index contributed by atoms with van der Waals surface area (Å²) in [7, 11) is 0. The third-order valence-corrected chi connectivity index (χ3v) is 4.95. The Morgan fingerprint density at radius 3 is 1.86 bits per heavy atom. The highest BCUT2D eigenvalue weighted by Gasteiger charge is 2.25. The Hall–Kier alpha value is -0.570. The van der Waals surface area contributed by atoms with E-state index >= 15 is 0 Å². The average Bonchev–Trinajstić information content (AvgIpc) is 2.46. The summed E-state index contributed by atoms with van der Waals surface area (Å²) in [6.45, 7) is 11.3. The Morgan fingerprint density at radius 1 is 0.952 bits per heavy atom. The van der Waals surface area contributed by atoms with E-state index < -0.39 is 0 Å². The van der Waals surface area contributed by atoms with Crippen molar-refractivity contribution in [3.05, 3.63) is 35.4 Å². The van der Waals surface area contributed by atoms with E-state index in [1.165, 1.54) is 37.1 Å². The maximum Gasteiger partial charge on any atom is 0.0319 e. The fourth-order valence-electron chi connectivity index (χ4n) is 3.20. The molecule has 2 atom stereocenters. The van der Waals surface area contributed by atoms with Crippen LogP contribution in [-0.4, -0.2) is 24.0 Å². The Morgan fingerprint density at radius 2 is 1.43 bits per heavy atom. The Kier molecular flexibility index (Phi) is 7.19. The van der Waals surface area contributed by atoms with Gasteiger partial charge in [0, 0.05) is 12.1 Å². The fraction of sp³-hybridized carbons (Fsp3) is 0.667. The van der Waals surface area contributed by atoms with E-state index in [1.807, 2.05) is 0 Å². The van der Waals surface area contributed by atoms with Gasteiger partial charge in [0.2, 0.25) is 0 Å². The summed E-state index contributed by atoms with van der Waals surface area (Å²) in [5, 5.41) is 0. The summed E-state index contributed by atoms with van der Waals surface area (Å²) >= 11 is 0. The predicted molar refractivity (Wildman–Crippen MR) is 94.1 cm³/mol. The molecule has 0 bridgehead atoms. The average molecular weight is 311 g/mol. The van der Waals surface area contributed by atoms with Crippen molar-refractivity contribution in [2.45, 2.75) is 58.5 Å². The summed E-state index contributed by atoms with van der Waals surface area (Å²) in [5.74, 6) is 1.32. The number of rotatable bonds is 4. The molecule has 1 fully saturated rings. The molecule has 1 aliphatic heterocycles. The Bertz CT molecular complexity index is 406. The van der Waals surface area contributed by atoms with Crippen LogP contribution in [0, 0.1) is 5.92 Å². The molecule has 1 heterocycles. The second-order valence-electron chi connectivity index (χ2n) is 6.73. The van der Waals surface area contributed by atoms with Crippen LogP contribution in [0.25, 0.3) is 0 Å². The predicted octanol–water partition coefficient (Wildman–Crippen LogP) is 4.35. The van der Waals surface area contributed by atoms with Crippen LogP contribution in [0.1, 0.15) is 63.6 Å². The fourth-order valence-corrected chi connectivity index (χ4v) is 3.20. The van der Waals surface area contributed by atoms with Crippen molar-refractivity contribution in [1.29, 1.82) is 0 Å². The van der Waals surface area contributed by atoms with Gasteiger partial charge in [0.1, 0.15) is 0 Å². The Labute approximate surface area is 136 Å². The molecule has 0 saturated carbocycles. The molecule has 0 aliphatic carbocycles. The van der Waals surface area contributed by atoms with Gasteiger partial charge in [-0.25, -0.2) is 0 Å². The standard InChI is InChI=1S/C18H30N2.ClH/c1-13(2)16-5-7-18(8-6-16)15(4)20-11-9-17(10-12-20)14(3)19;/h5-8,13-15,17H,9-12,19H2,1-4H3;1H. The summed E-state index contributed by atoms with van der Waals surface area (Å²) in [5.41, 5.74) is 8.89. The van der Waals surface area contributed by atoms with Crippen molar-refractivity contribution in [2.24, 2.45) is 11.7 Å². The molecule has 0 aromatic heterocycles. The molecule has 2 N–H and O–H groups in total. The number of piperidine rings is 1. The van der Waals surface area contributed by atoms with Gasteiger partial charge in [0.15, 0.2) is 0 Å². The number of hydrogen-bond donors (Lipinski definition) is 1. The van der Waals surface area contributed by atoms with E-state index in [9.17, 15) is 0 Å². The molecule has 2 rings (SSSR count). The van der Waals surface area contributed by atoms with E-state index in [-0.39, 0.29) is 12.4 Å². The zero-order chi connectivity index (χ0) is 14.7. The second-order valence-corrected chi connectivity index (χ2v) is 6.73. The number of likely N-dealkylation sites (tertiary alicyclic amines) is 1. The number of halogens is 1. The van der Waals surface area contributed by atoms with Crippen molar-refractivity contribution >= 4 is 12.4 Å². The van der Waals surface area contributed by atoms with Gasteiger partial charge in [-0.05, 0) is 62.7 Å². The number of hydrogen-bond acceptors (Lipinski definition) is 2. The van der Waals surface area contributed by atoms with E-state index in [4.69, 9.17) is 5.73 Å². The first-order valence-corrected chi connectivity index (χ1v) is 8.08. The molecular weight excluding hydrogens is 280 g/mol. The first-order valence-electron chi connectivity index (χ1n) is 8.08. The molecule has 0 spiro atoms. The van der Waals surface area contributed by atoms with Gasteiger partial charge in [-0.3, -0.25) is 4.90 Å². The van der Waals surface area contributed by atoms with Crippen molar-refractivity contribution in [1.82, 2.24) is 4.90 Å². The molecule has 1 saturated heterocycles. The first kappa shape index (κ1) is 18.5. The number of nitrogens with zero attached hydrogens (tertiary/aromatic N) is 1. The van der Waals surface area contributed by atoms with Crippen LogP contribution in [0.3, 0.4) is 0 Å². The lowest BCUT2D eigenvalue weighted by molar-refractivity contribution is 0.132.